The van der Waals surface area contributed by atoms with Gasteiger partial charge in [0.2, 0.25) is 10.0 Å². The Labute approximate surface area is 126 Å². The summed E-state index contributed by atoms with van der Waals surface area (Å²) in [7, 11) is -0.0657. The predicted molar refractivity (Wildman–Crippen MR) is 82.5 cm³/mol. The third kappa shape index (κ3) is 3.16. The standard InChI is InChI=1S/C15H21N3O2S/c1-11-6-7-15(8-12(11)2)21(19,20)18(5)10-14-9-17(4)16-13(14)3/h6-9H,10H2,1-5H3. The van der Waals surface area contributed by atoms with Gasteiger partial charge in [0.05, 0.1) is 10.6 Å². The maximum Gasteiger partial charge on any atom is 0.243 e. The number of nitrogens with zero attached hydrogens (tertiary/aromatic N) is 3. The van der Waals surface area contributed by atoms with Crippen LogP contribution in [-0.4, -0.2) is 29.6 Å². The Morgan fingerprint density at radius 2 is 1.86 bits per heavy atom. The van der Waals surface area contributed by atoms with E-state index in [1.165, 1.54) is 4.31 Å². The third-order valence-electron chi connectivity index (χ3n) is 3.69. The third-order valence-corrected chi connectivity index (χ3v) is 5.49. The van der Waals surface area contributed by atoms with E-state index in [1.54, 1.807) is 23.9 Å². The van der Waals surface area contributed by atoms with Gasteiger partial charge in [-0.05, 0) is 44.0 Å². The first-order chi connectivity index (χ1) is 9.71. The van der Waals surface area contributed by atoms with Gasteiger partial charge in [-0.1, -0.05) is 6.07 Å². The molecule has 0 saturated carbocycles. The van der Waals surface area contributed by atoms with Crippen molar-refractivity contribution in [3.05, 3.63) is 46.8 Å². The van der Waals surface area contributed by atoms with Crippen LogP contribution in [0.4, 0.5) is 0 Å². The van der Waals surface area contributed by atoms with Crippen LogP contribution < -0.4 is 0 Å². The van der Waals surface area contributed by atoms with Gasteiger partial charge in [-0.3, -0.25) is 4.68 Å². The van der Waals surface area contributed by atoms with Crippen LogP contribution >= 0.6 is 0 Å². The summed E-state index contributed by atoms with van der Waals surface area (Å²) in [5.41, 5.74) is 3.81. The maximum atomic E-state index is 12.6. The highest BCUT2D eigenvalue weighted by atomic mass is 32.2. The Balaban J connectivity index is 2.30. The van der Waals surface area contributed by atoms with Gasteiger partial charge >= 0.3 is 0 Å². The van der Waals surface area contributed by atoms with Gasteiger partial charge in [0.15, 0.2) is 0 Å². The molecule has 0 spiro atoms. The number of hydrogen-bond acceptors (Lipinski definition) is 3. The molecule has 0 saturated heterocycles. The van der Waals surface area contributed by atoms with Crippen LogP contribution in [0.1, 0.15) is 22.4 Å². The summed E-state index contributed by atoms with van der Waals surface area (Å²) in [6.07, 6.45) is 1.85. The van der Waals surface area contributed by atoms with Gasteiger partial charge in [0, 0.05) is 32.4 Å². The monoisotopic (exact) mass is 307 g/mol. The van der Waals surface area contributed by atoms with Crippen LogP contribution in [0.25, 0.3) is 0 Å². The Hall–Kier alpha value is -1.66. The quantitative estimate of drug-likeness (QED) is 0.870. The molecule has 2 rings (SSSR count). The topological polar surface area (TPSA) is 55.2 Å². The minimum absolute atomic E-state index is 0.314. The second kappa shape index (κ2) is 5.61. The Morgan fingerprint density at radius 3 is 2.38 bits per heavy atom. The van der Waals surface area contributed by atoms with Crippen molar-refractivity contribution in [1.82, 2.24) is 14.1 Å². The number of hydrogen-bond donors (Lipinski definition) is 0. The van der Waals surface area contributed by atoms with Crippen molar-refractivity contribution in [3.8, 4) is 0 Å². The molecule has 6 heteroatoms. The lowest BCUT2D eigenvalue weighted by molar-refractivity contribution is 0.466. The summed E-state index contributed by atoms with van der Waals surface area (Å²) in [5.74, 6) is 0. The fourth-order valence-electron chi connectivity index (χ4n) is 2.18. The average molecular weight is 307 g/mol. The van der Waals surface area contributed by atoms with E-state index in [9.17, 15) is 8.42 Å². The molecule has 0 aliphatic heterocycles. The Morgan fingerprint density at radius 1 is 1.19 bits per heavy atom. The van der Waals surface area contributed by atoms with Crippen molar-refractivity contribution in [2.24, 2.45) is 7.05 Å². The van der Waals surface area contributed by atoms with E-state index in [4.69, 9.17) is 0 Å². The normalized spacial score (nSPS) is 12.1. The molecular weight excluding hydrogens is 286 g/mol. The van der Waals surface area contributed by atoms with Gasteiger partial charge in [-0.25, -0.2) is 8.42 Å². The summed E-state index contributed by atoms with van der Waals surface area (Å²) in [6, 6.07) is 5.22. The minimum Gasteiger partial charge on any atom is -0.275 e. The second-order valence-corrected chi connectivity index (χ2v) is 7.47. The largest absolute Gasteiger partial charge is 0.275 e. The molecule has 0 atom stereocenters. The fraction of sp³-hybridized carbons (Fsp3) is 0.400. The lowest BCUT2D eigenvalue weighted by atomic mass is 10.1. The van der Waals surface area contributed by atoms with Crippen LogP contribution in [0.5, 0.6) is 0 Å². The lowest BCUT2D eigenvalue weighted by Gasteiger charge is -2.17. The smallest absolute Gasteiger partial charge is 0.243 e. The Bertz CT molecular complexity index is 763. The fourth-order valence-corrected chi connectivity index (χ4v) is 3.42. The zero-order chi connectivity index (χ0) is 15.8. The number of sulfonamides is 1. The molecule has 21 heavy (non-hydrogen) atoms. The first-order valence-electron chi connectivity index (χ1n) is 6.74. The van der Waals surface area contributed by atoms with Crippen LogP contribution in [-0.2, 0) is 23.6 Å². The van der Waals surface area contributed by atoms with Crippen molar-refractivity contribution < 1.29 is 8.42 Å². The number of aryl methyl sites for hydroxylation is 4. The molecule has 1 aromatic carbocycles. The SMILES string of the molecule is Cc1ccc(S(=O)(=O)N(C)Cc2cn(C)nc2C)cc1C. The predicted octanol–water partition coefficient (Wildman–Crippen LogP) is 2.17. The zero-order valence-corrected chi connectivity index (χ0v) is 13.9. The molecule has 5 nitrogen and oxygen atoms in total. The molecule has 2 aromatic rings. The van der Waals surface area contributed by atoms with Crippen LogP contribution in [0.3, 0.4) is 0 Å². The van der Waals surface area contributed by atoms with Gasteiger partial charge in [0.1, 0.15) is 0 Å². The molecule has 114 valence electrons. The van der Waals surface area contributed by atoms with E-state index in [0.717, 1.165) is 22.4 Å². The summed E-state index contributed by atoms with van der Waals surface area (Å²) in [5, 5.41) is 4.24. The van der Waals surface area contributed by atoms with E-state index in [-0.39, 0.29) is 0 Å². The first-order valence-corrected chi connectivity index (χ1v) is 8.18. The molecule has 1 aromatic heterocycles. The molecule has 0 aliphatic rings. The van der Waals surface area contributed by atoms with Crippen molar-refractivity contribution in [3.63, 3.8) is 0 Å². The van der Waals surface area contributed by atoms with Crippen molar-refractivity contribution in [2.45, 2.75) is 32.2 Å². The van der Waals surface area contributed by atoms with E-state index in [1.807, 2.05) is 40.1 Å². The molecule has 0 aliphatic carbocycles. The van der Waals surface area contributed by atoms with Crippen molar-refractivity contribution in [2.75, 3.05) is 7.05 Å². The van der Waals surface area contributed by atoms with Crippen LogP contribution in [0.2, 0.25) is 0 Å². The molecule has 0 amide bonds. The van der Waals surface area contributed by atoms with E-state index < -0.39 is 10.0 Å². The van der Waals surface area contributed by atoms with Crippen LogP contribution in [0, 0.1) is 20.8 Å². The van der Waals surface area contributed by atoms with Gasteiger partial charge < -0.3 is 0 Å². The molecule has 0 bridgehead atoms. The zero-order valence-electron chi connectivity index (χ0n) is 13.1. The molecular formula is C15H21N3O2S. The van der Waals surface area contributed by atoms with E-state index >= 15 is 0 Å². The highest BCUT2D eigenvalue weighted by Crippen LogP contribution is 2.20. The number of benzene rings is 1. The maximum absolute atomic E-state index is 12.6. The number of rotatable bonds is 4. The lowest BCUT2D eigenvalue weighted by Crippen LogP contribution is -2.26. The molecule has 0 N–H and O–H groups in total. The minimum atomic E-state index is -3.49. The molecule has 1 heterocycles. The summed E-state index contributed by atoms with van der Waals surface area (Å²) in [6.45, 7) is 6.08. The average Bonchev–Trinajstić information content (AvgIpc) is 2.71. The van der Waals surface area contributed by atoms with E-state index in [2.05, 4.69) is 5.10 Å². The van der Waals surface area contributed by atoms with Gasteiger partial charge in [0.25, 0.3) is 0 Å². The van der Waals surface area contributed by atoms with Crippen molar-refractivity contribution >= 4 is 10.0 Å². The van der Waals surface area contributed by atoms with Crippen molar-refractivity contribution in [1.29, 1.82) is 0 Å². The molecule has 0 radical (unpaired) electrons. The molecule has 0 unspecified atom stereocenters. The molecule has 0 fully saturated rings. The first kappa shape index (κ1) is 15.7. The van der Waals surface area contributed by atoms with Gasteiger partial charge in [-0.15, -0.1) is 0 Å². The second-order valence-electron chi connectivity index (χ2n) is 5.42. The summed E-state index contributed by atoms with van der Waals surface area (Å²) < 4.78 is 28.3. The Kier molecular flexibility index (Phi) is 4.20. The summed E-state index contributed by atoms with van der Waals surface area (Å²) >= 11 is 0. The van der Waals surface area contributed by atoms with Crippen LogP contribution in [0.15, 0.2) is 29.3 Å². The van der Waals surface area contributed by atoms with Gasteiger partial charge in [-0.2, -0.15) is 9.40 Å². The van der Waals surface area contributed by atoms with E-state index in [0.29, 0.717) is 11.4 Å². The number of aromatic nitrogens is 2. The highest BCUT2D eigenvalue weighted by molar-refractivity contribution is 7.89. The highest BCUT2D eigenvalue weighted by Gasteiger charge is 2.22. The summed E-state index contributed by atoms with van der Waals surface area (Å²) in [4.78, 5) is 0.328.